The van der Waals surface area contributed by atoms with E-state index in [1.165, 1.54) is 6.08 Å². The highest BCUT2D eigenvalue weighted by molar-refractivity contribution is 5.39. The summed E-state index contributed by atoms with van der Waals surface area (Å²) in [6.45, 7) is 0. The topological polar surface area (TPSA) is 14.1 Å². The van der Waals surface area contributed by atoms with E-state index in [1.807, 2.05) is 18.2 Å². The summed E-state index contributed by atoms with van der Waals surface area (Å²) in [5.74, 6) is -0.427. The van der Waals surface area contributed by atoms with E-state index in [9.17, 15) is 4.39 Å². The first-order chi connectivity index (χ1) is 5.36. The summed E-state index contributed by atoms with van der Waals surface area (Å²) >= 11 is 0. The van der Waals surface area contributed by atoms with Crippen molar-refractivity contribution in [2.45, 2.75) is 0 Å². The summed E-state index contributed by atoms with van der Waals surface area (Å²) in [7, 11) is 0. The summed E-state index contributed by atoms with van der Waals surface area (Å²) in [5.41, 5.74) is 0. The monoisotopic (exact) mass is 147 g/mol. The molecule has 1 aliphatic heterocycles. The Morgan fingerprint density at radius 1 is 1.09 bits per heavy atom. The molecule has 1 heterocycles. The summed E-state index contributed by atoms with van der Waals surface area (Å²) < 4.78 is 12.5. The largest absolute Gasteiger partial charge is 0.427 e. The number of hydrogen-bond donors (Lipinski definition) is 0. The average molecular weight is 147 g/mol. The molecule has 1 nitrogen and oxygen atoms in total. The second kappa shape index (κ2) is 2.31. The van der Waals surface area contributed by atoms with E-state index in [0.29, 0.717) is 5.36 Å². The highest BCUT2D eigenvalue weighted by Gasteiger charge is 2.08. The first-order valence-electron chi connectivity index (χ1n) is 3.37. The SMILES string of the molecule is FC1=CC=c2ccccc2=[N+]1. The van der Waals surface area contributed by atoms with E-state index in [1.54, 1.807) is 12.1 Å². The molecule has 1 aliphatic rings. The molecule has 0 aliphatic carbocycles. The van der Waals surface area contributed by atoms with Gasteiger partial charge in [0.1, 0.15) is 4.99 Å². The molecule has 0 bridgehead atoms. The van der Waals surface area contributed by atoms with Crippen LogP contribution >= 0.6 is 0 Å². The lowest BCUT2D eigenvalue weighted by Gasteiger charge is -1.82. The lowest BCUT2D eigenvalue weighted by molar-refractivity contribution is 0.594. The van der Waals surface area contributed by atoms with E-state index in [0.717, 1.165) is 5.22 Å². The van der Waals surface area contributed by atoms with Gasteiger partial charge in [-0.2, -0.15) is 0 Å². The van der Waals surface area contributed by atoms with Crippen molar-refractivity contribution < 1.29 is 4.39 Å². The number of allylic oxidation sites excluding steroid dienone is 1. The van der Waals surface area contributed by atoms with Crippen LogP contribution in [-0.4, -0.2) is 0 Å². The van der Waals surface area contributed by atoms with Gasteiger partial charge in [-0.05, 0) is 12.1 Å². The van der Waals surface area contributed by atoms with Crippen LogP contribution in [0.3, 0.4) is 0 Å². The third-order valence-corrected chi connectivity index (χ3v) is 1.56. The zero-order valence-electron chi connectivity index (χ0n) is 5.79. The van der Waals surface area contributed by atoms with E-state index in [2.05, 4.69) is 4.99 Å². The van der Waals surface area contributed by atoms with Crippen molar-refractivity contribution in [2.75, 3.05) is 0 Å². The number of benzene rings is 1. The molecule has 0 saturated heterocycles. The van der Waals surface area contributed by atoms with Crippen LogP contribution in [0.2, 0.25) is 0 Å². The number of para-hydroxylation sites is 1. The zero-order chi connectivity index (χ0) is 7.68. The maximum atomic E-state index is 12.5. The second-order valence-electron chi connectivity index (χ2n) is 2.33. The number of halogens is 1. The molecule has 1 radical (unpaired) electrons. The maximum absolute atomic E-state index is 12.5. The third-order valence-electron chi connectivity index (χ3n) is 1.56. The van der Waals surface area contributed by atoms with Crippen LogP contribution in [0.4, 0.5) is 4.39 Å². The highest BCUT2D eigenvalue weighted by atomic mass is 19.1. The van der Waals surface area contributed by atoms with Gasteiger partial charge in [0, 0.05) is 12.1 Å². The molecule has 1 aromatic carbocycles. The molecule has 0 atom stereocenters. The minimum absolute atomic E-state index is 0.427. The van der Waals surface area contributed by atoms with Gasteiger partial charge in [0.15, 0.2) is 0 Å². The first kappa shape index (κ1) is 6.28. The number of nitrogens with zero attached hydrogens (tertiary/aromatic N) is 1. The third kappa shape index (κ3) is 1.07. The Labute approximate surface area is 63.2 Å². The molecule has 2 heteroatoms. The minimum Gasteiger partial charge on any atom is -0.131 e. The molecular formula is C9H6FN+. The summed E-state index contributed by atoms with van der Waals surface area (Å²) in [6.07, 6.45) is 3.08. The normalized spacial score (nSPS) is 14.1. The Balaban J connectivity index is 2.83. The van der Waals surface area contributed by atoms with Gasteiger partial charge >= 0.3 is 5.95 Å². The molecule has 53 valence electrons. The van der Waals surface area contributed by atoms with Gasteiger partial charge in [0.05, 0.1) is 5.22 Å². The van der Waals surface area contributed by atoms with E-state index >= 15 is 0 Å². The van der Waals surface area contributed by atoms with Crippen LogP contribution in [0.5, 0.6) is 0 Å². The van der Waals surface area contributed by atoms with E-state index < -0.39 is 5.95 Å². The van der Waals surface area contributed by atoms with Crippen LogP contribution in [0.1, 0.15) is 0 Å². The van der Waals surface area contributed by atoms with E-state index in [4.69, 9.17) is 0 Å². The van der Waals surface area contributed by atoms with Crippen LogP contribution in [0.25, 0.3) is 6.08 Å². The van der Waals surface area contributed by atoms with Gasteiger partial charge in [-0.25, -0.2) is 0 Å². The number of rotatable bonds is 0. The average Bonchev–Trinajstić information content (AvgIpc) is 2.04. The fraction of sp³-hybridized carbons (Fsp3) is 0. The lowest BCUT2D eigenvalue weighted by Crippen LogP contribution is -2.30. The Kier molecular flexibility index (Phi) is 1.32. The fourth-order valence-corrected chi connectivity index (χ4v) is 1.04. The van der Waals surface area contributed by atoms with Gasteiger partial charge < -0.3 is 0 Å². The van der Waals surface area contributed by atoms with Gasteiger partial charge in [0.2, 0.25) is 0 Å². The predicted octanol–water partition coefficient (Wildman–Crippen LogP) is 0.247. The molecule has 0 amide bonds. The molecule has 0 spiro atoms. The molecule has 0 aromatic heterocycles. The zero-order valence-corrected chi connectivity index (χ0v) is 5.79. The Morgan fingerprint density at radius 2 is 1.91 bits per heavy atom. The Hall–Kier alpha value is -1.44. The molecule has 2 rings (SSSR count). The van der Waals surface area contributed by atoms with Crippen molar-refractivity contribution >= 4 is 6.08 Å². The van der Waals surface area contributed by atoms with Crippen LogP contribution in [0.15, 0.2) is 36.3 Å². The van der Waals surface area contributed by atoms with E-state index in [-0.39, 0.29) is 0 Å². The van der Waals surface area contributed by atoms with Crippen molar-refractivity contribution in [1.29, 1.82) is 0 Å². The lowest BCUT2D eigenvalue weighted by atomic mass is 10.2. The number of hydrogen-bond acceptors (Lipinski definition) is 1. The highest BCUT2D eigenvalue weighted by Crippen LogP contribution is 1.90. The molecule has 0 unspecified atom stereocenters. The number of fused-ring (bicyclic) bond motifs is 1. The van der Waals surface area contributed by atoms with Crippen molar-refractivity contribution in [3.8, 4) is 0 Å². The molecule has 0 N–H and O–H groups in total. The molecule has 1 aromatic rings. The molecular weight excluding hydrogens is 141 g/mol. The fourth-order valence-electron chi connectivity index (χ4n) is 1.04. The minimum atomic E-state index is -0.427. The van der Waals surface area contributed by atoms with Gasteiger partial charge in [-0.1, -0.05) is 12.1 Å². The Bertz CT molecular complexity index is 417. The second-order valence-corrected chi connectivity index (χ2v) is 2.33. The van der Waals surface area contributed by atoms with Gasteiger partial charge in [-0.15, -0.1) is 4.39 Å². The first-order valence-corrected chi connectivity index (χ1v) is 3.37. The molecule has 0 saturated carbocycles. The smallest absolute Gasteiger partial charge is 0.131 e. The van der Waals surface area contributed by atoms with Crippen LogP contribution < -0.4 is 15.6 Å². The maximum Gasteiger partial charge on any atom is 0.427 e. The summed E-state index contributed by atoms with van der Waals surface area (Å²) in [6, 6.07) is 7.44. The Morgan fingerprint density at radius 3 is 2.82 bits per heavy atom. The molecule has 0 fully saturated rings. The van der Waals surface area contributed by atoms with Crippen LogP contribution in [0, 0.1) is 0 Å². The van der Waals surface area contributed by atoms with Crippen molar-refractivity contribution in [1.82, 2.24) is 4.99 Å². The van der Waals surface area contributed by atoms with Crippen LogP contribution in [-0.2, 0) is 0 Å². The van der Waals surface area contributed by atoms with Crippen molar-refractivity contribution in [3.63, 3.8) is 0 Å². The predicted molar refractivity (Wildman–Crippen MR) is 40.6 cm³/mol. The van der Waals surface area contributed by atoms with Gasteiger partial charge in [-0.3, -0.25) is 0 Å². The quantitative estimate of drug-likeness (QED) is 0.467. The standard InChI is InChI=1S/C9H6FN/c10-9-6-5-7-3-1-2-4-8(7)11-9/h1-6H/q+1. The van der Waals surface area contributed by atoms with Crippen molar-refractivity contribution in [3.05, 3.63) is 46.9 Å². The molecule has 11 heavy (non-hydrogen) atoms. The van der Waals surface area contributed by atoms with Crippen molar-refractivity contribution in [2.24, 2.45) is 0 Å². The summed E-state index contributed by atoms with van der Waals surface area (Å²) in [4.78, 5) is 3.71. The van der Waals surface area contributed by atoms with Gasteiger partial charge in [0.25, 0.3) is 5.36 Å². The summed E-state index contributed by atoms with van der Waals surface area (Å²) in [5, 5.41) is 1.67.